The second-order valence-electron chi connectivity index (χ2n) is 7.37. The van der Waals surface area contributed by atoms with Crippen LogP contribution in [0.15, 0.2) is 12.1 Å². The zero-order valence-corrected chi connectivity index (χ0v) is 19.5. The first-order valence-corrected chi connectivity index (χ1v) is 11.3. The summed E-state index contributed by atoms with van der Waals surface area (Å²) in [5, 5.41) is 32.4. The molecule has 1 heterocycles. The van der Waals surface area contributed by atoms with Crippen LogP contribution in [-0.2, 0) is 6.61 Å². The molecule has 0 aliphatic heterocycles. The van der Waals surface area contributed by atoms with Crippen molar-refractivity contribution in [1.29, 1.82) is 0 Å². The number of ether oxygens (including phenoxy) is 1. The van der Waals surface area contributed by atoms with Crippen LogP contribution in [0.25, 0.3) is 0 Å². The third-order valence-corrected chi connectivity index (χ3v) is 5.51. The number of carboxylic acids is 1. The van der Waals surface area contributed by atoms with Gasteiger partial charge in [-0.2, -0.15) is 4.37 Å². The molecule has 1 aromatic carbocycles. The molecule has 2 amide bonds. The molecule has 0 bridgehead atoms. The highest BCUT2D eigenvalue weighted by atomic mass is 32.1. The standard InChI is InChI=1S/C21H28F2N4O6S/c1-13-10-15(22)14(16(23)11-13)12-33-18-17(20(30)31)19(34-26-18)25-21(32)24-4-2-3-5-27(6-8-28)7-9-29/h10-11,28-29H,2-9,12H2,1H3,(H,30,31)(H2,24,25,32). The number of carboxylic acid groups (broad SMARTS) is 1. The molecule has 2 aromatic rings. The van der Waals surface area contributed by atoms with Gasteiger partial charge in [0.2, 0.25) is 5.88 Å². The van der Waals surface area contributed by atoms with Crippen LogP contribution < -0.4 is 15.4 Å². The number of urea groups is 1. The number of amides is 2. The Morgan fingerprint density at radius 3 is 2.35 bits per heavy atom. The first-order valence-electron chi connectivity index (χ1n) is 10.6. The summed E-state index contributed by atoms with van der Waals surface area (Å²) < 4.78 is 37.1. The smallest absolute Gasteiger partial charge is 0.344 e. The lowest BCUT2D eigenvalue weighted by molar-refractivity contribution is 0.0693. The van der Waals surface area contributed by atoms with Gasteiger partial charge in [-0.15, -0.1) is 0 Å². The van der Waals surface area contributed by atoms with Gasteiger partial charge in [-0.05, 0) is 55.5 Å². The SMILES string of the molecule is Cc1cc(F)c(COc2nsc(NC(=O)NCCCCN(CCO)CCO)c2C(=O)O)c(F)c1. The van der Waals surface area contributed by atoms with E-state index in [-0.39, 0.29) is 29.7 Å². The van der Waals surface area contributed by atoms with Crippen LogP contribution in [0.2, 0.25) is 0 Å². The fraction of sp³-hybridized carbons (Fsp3) is 0.476. The summed E-state index contributed by atoms with van der Waals surface area (Å²) in [6, 6.07) is 1.63. The van der Waals surface area contributed by atoms with E-state index in [2.05, 4.69) is 15.0 Å². The first kappa shape index (κ1) is 27.4. The molecule has 0 unspecified atom stereocenters. The number of anilines is 1. The molecule has 0 aliphatic rings. The lowest BCUT2D eigenvalue weighted by atomic mass is 10.1. The van der Waals surface area contributed by atoms with Gasteiger partial charge in [0, 0.05) is 19.6 Å². The average Bonchev–Trinajstić information content (AvgIpc) is 3.15. The molecule has 0 saturated carbocycles. The fourth-order valence-corrected chi connectivity index (χ4v) is 3.81. The summed E-state index contributed by atoms with van der Waals surface area (Å²) in [5.74, 6) is -3.42. The molecule has 0 aliphatic carbocycles. The number of halogens is 2. The molecule has 13 heteroatoms. The Morgan fingerprint density at radius 2 is 1.76 bits per heavy atom. The van der Waals surface area contributed by atoms with E-state index in [1.807, 2.05) is 4.90 Å². The van der Waals surface area contributed by atoms with Crippen molar-refractivity contribution in [3.63, 3.8) is 0 Å². The van der Waals surface area contributed by atoms with Gasteiger partial charge < -0.3 is 25.4 Å². The summed E-state index contributed by atoms with van der Waals surface area (Å²) in [4.78, 5) is 25.7. The number of aryl methyl sites for hydroxylation is 1. The van der Waals surface area contributed by atoms with Crippen molar-refractivity contribution in [2.24, 2.45) is 0 Å². The van der Waals surface area contributed by atoms with Crippen molar-refractivity contribution in [3.8, 4) is 5.88 Å². The van der Waals surface area contributed by atoms with Crippen LogP contribution in [0.1, 0.15) is 34.3 Å². The number of rotatable bonds is 14. The molecular weight excluding hydrogens is 474 g/mol. The second-order valence-corrected chi connectivity index (χ2v) is 8.14. The largest absolute Gasteiger partial charge is 0.477 e. The topological polar surface area (TPSA) is 144 Å². The van der Waals surface area contributed by atoms with Crippen LogP contribution in [-0.4, -0.2) is 76.0 Å². The van der Waals surface area contributed by atoms with Crippen molar-refractivity contribution in [1.82, 2.24) is 14.6 Å². The number of unbranched alkanes of at least 4 members (excludes halogenated alkanes) is 1. The maximum absolute atomic E-state index is 14.0. The van der Waals surface area contributed by atoms with E-state index in [4.69, 9.17) is 14.9 Å². The van der Waals surface area contributed by atoms with E-state index in [0.29, 0.717) is 56.1 Å². The minimum Gasteiger partial charge on any atom is -0.477 e. The van der Waals surface area contributed by atoms with E-state index in [1.165, 1.54) is 6.92 Å². The molecule has 0 atom stereocenters. The number of carbonyl (C=O) groups is 2. The number of hydrogen-bond acceptors (Lipinski definition) is 8. The fourth-order valence-electron chi connectivity index (χ4n) is 3.08. The van der Waals surface area contributed by atoms with Crippen molar-refractivity contribution in [2.75, 3.05) is 44.7 Å². The summed E-state index contributed by atoms with van der Waals surface area (Å²) >= 11 is 0.668. The molecule has 188 valence electrons. The summed E-state index contributed by atoms with van der Waals surface area (Å²) in [6.07, 6.45) is 1.34. The number of aliphatic hydroxyl groups excluding tert-OH is 2. The monoisotopic (exact) mass is 502 g/mol. The molecular formula is C21H28F2N4O6S. The third-order valence-electron chi connectivity index (χ3n) is 4.76. The van der Waals surface area contributed by atoms with Crippen molar-refractivity contribution < 1.29 is 38.4 Å². The number of aliphatic hydroxyl groups is 2. The van der Waals surface area contributed by atoms with Gasteiger partial charge >= 0.3 is 12.0 Å². The molecule has 0 fully saturated rings. The van der Waals surface area contributed by atoms with Crippen LogP contribution in [0.3, 0.4) is 0 Å². The normalized spacial score (nSPS) is 11.0. The van der Waals surface area contributed by atoms with Crippen molar-refractivity contribution >= 4 is 28.5 Å². The quantitative estimate of drug-likeness (QED) is 0.247. The lowest BCUT2D eigenvalue weighted by Gasteiger charge is -2.19. The summed E-state index contributed by atoms with van der Waals surface area (Å²) in [7, 11) is 0. The van der Waals surface area contributed by atoms with Gasteiger partial charge in [-0.1, -0.05) is 0 Å². The number of benzene rings is 1. The number of nitrogens with zero attached hydrogens (tertiary/aromatic N) is 2. The zero-order valence-electron chi connectivity index (χ0n) is 18.6. The van der Waals surface area contributed by atoms with E-state index in [9.17, 15) is 23.5 Å². The third kappa shape index (κ3) is 8.17. The highest BCUT2D eigenvalue weighted by Crippen LogP contribution is 2.31. The van der Waals surface area contributed by atoms with Gasteiger partial charge in [-0.3, -0.25) is 10.2 Å². The van der Waals surface area contributed by atoms with Crippen LogP contribution in [0.5, 0.6) is 5.88 Å². The Kier molecular flexibility index (Phi) is 11.1. The summed E-state index contributed by atoms with van der Waals surface area (Å²) in [6.45, 7) is 2.80. The molecule has 10 nitrogen and oxygen atoms in total. The minimum atomic E-state index is -1.42. The maximum Gasteiger partial charge on any atom is 0.344 e. The van der Waals surface area contributed by atoms with E-state index >= 15 is 0 Å². The molecule has 2 rings (SSSR count). The highest BCUT2D eigenvalue weighted by Gasteiger charge is 2.24. The average molecular weight is 503 g/mol. The van der Waals surface area contributed by atoms with Gasteiger partial charge in [0.05, 0.1) is 18.8 Å². The van der Waals surface area contributed by atoms with Crippen LogP contribution >= 0.6 is 11.5 Å². The number of aromatic nitrogens is 1. The minimum absolute atomic E-state index is 0.0119. The van der Waals surface area contributed by atoms with Gasteiger partial charge in [-0.25, -0.2) is 18.4 Å². The van der Waals surface area contributed by atoms with Gasteiger partial charge in [0.1, 0.15) is 23.2 Å². The molecule has 34 heavy (non-hydrogen) atoms. The number of aromatic carboxylic acids is 1. The lowest BCUT2D eigenvalue weighted by Crippen LogP contribution is -2.32. The Balaban J connectivity index is 1.89. The van der Waals surface area contributed by atoms with E-state index in [1.54, 1.807) is 0 Å². The Hall–Kier alpha value is -2.87. The molecule has 0 radical (unpaired) electrons. The molecule has 1 aromatic heterocycles. The second kappa shape index (κ2) is 13.7. The number of hydrogen-bond donors (Lipinski definition) is 5. The Morgan fingerprint density at radius 1 is 1.12 bits per heavy atom. The van der Waals surface area contributed by atoms with Crippen molar-refractivity contribution in [3.05, 3.63) is 40.5 Å². The maximum atomic E-state index is 14.0. The predicted octanol–water partition coefficient (Wildman–Crippen LogP) is 2.20. The van der Waals surface area contributed by atoms with Gasteiger partial charge in [0.15, 0.2) is 5.56 Å². The van der Waals surface area contributed by atoms with E-state index < -0.39 is 35.8 Å². The van der Waals surface area contributed by atoms with Crippen molar-refractivity contribution in [2.45, 2.75) is 26.4 Å². The first-order chi connectivity index (χ1) is 16.3. The van der Waals surface area contributed by atoms with Crippen LogP contribution in [0, 0.1) is 18.6 Å². The van der Waals surface area contributed by atoms with Gasteiger partial charge in [0.25, 0.3) is 0 Å². The predicted molar refractivity (Wildman–Crippen MR) is 121 cm³/mol. The zero-order chi connectivity index (χ0) is 25.1. The Bertz CT molecular complexity index is 946. The molecule has 0 saturated heterocycles. The highest BCUT2D eigenvalue weighted by molar-refractivity contribution is 7.11. The van der Waals surface area contributed by atoms with Crippen LogP contribution in [0.4, 0.5) is 18.6 Å². The Labute approximate surface area is 199 Å². The number of nitrogens with one attached hydrogen (secondary N) is 2. The summed E-state index contributed by atoms with van der Waals surface area (Å²) in [5.41, 5.74) is -0.390. The molecule has 0 spiro atoms. The van der Waals surface area contributed by atoms with E-state index in [0.717, 1.165) is 12.1 Å². The molecule has 5 N–H and O–H groups in total. The number of carbonyl (C=O) groups excluding carboxylic acids is 1.